The summed E-state index contributed by atoms with van der Waals surface area (Å²) in [6.45, 7) is 2.16. The normalized spacial score (nSPS) is 23.9. The van der Waals surface area contributed by atoms with Crippen molar-refractivity contribution < 1.29 is 21.6 Å². The lowest BCUT2D eigenvalue weighted by Crippen LogP contribution is -2.32. The van der Waals surface area contributed by atoms with Crippen LogP contribution in [0.4, 0.5) is 13.2 Å². The van der Waals surface area contributed by atoms with Gasteiger partial charge in [-0.05, 0) is 24.1 Å². The first kappa shape index (κ1) is 18.2. The molecule has 1 saturated heterocycles. The first-order valence-electron chi connectivity index (χ1n) is 6.05. The van der Waals surface area contributed by atoms with E-state index in [1.165, 1.54) is 6.07 Å². The van der Waals surface area contributed by atoms with Crippen molar-refractivity contribution in [3.05, 3.63) is 29.8 Å². The Morgan fingerprint density at radius 3 is 2.38 bits per heavy atom. The van der Waals surface area contributed by atoms with Crippen LogP contribution in [0.3, 0.4) is 0 Å². The van der Waals surface area contributed by atoms with Crippen LogP contribution in [0.15, 0.2) is 29.2 Å². The van der Waals surface area contributed by atoms with E-state index >= 15 is 0 Å². The van der Waals surface area contributed by atoms with Crippen LogP contribution < -0.4 is 5.73 Å². The van der Waals surface area contributed by atoms with E-state index in [1.54, 1.807) is 0 Å². The van der Waals surface area contributed by atoms with Gasteiger partial charge >= 0.3 is 6.18 Å². The van der Waals surface area contributed by atoms with Crippen LogP contribution in [0.5, 0.6) is 0 Å². The highest BCUT2D eigenvalue weighted by molar-refractivity contribution is 7.89. The van der Waals surface area contributed by atoms with E-state index in [0.717, 1.165) is 16.4 Å². The summed E-state index contributed by atoms with van der Waals surface area (Å²) in [6, 6.07) is 3.46. The zero-order chi connectivity index (χ0) is 15.1. The van der Waals surface area contributed by atoms with E-state index in [0.29, 0.717) is 6.07 Å². The van der Waals surface area contributed by atoms with E-state index in [2.05, 4.69) is 0 Å². The van der Waals surface area contributed by atoms with Gasteiger partial charge in [-0.3, -0.25) is 0 Å². The molecule has 0 aliphatic carbocycles. The summed E-state index contributed by atoms with van der Waals surface area (Å²) in [7, 11) is -3.93. The lowest BCUT2D eigenvalue weighted by molar-refractivity contribution is -0.137. The molecule has 21 heavy (non-hydrogen) atoms. The van der Waals surface area contributed by atoms with Gasteiger partial charge in [-0.1, -0.05) is 13.0 Å². The Bertz CT molecular complexity index is 597. The van der Waals surface area contributed by atoms with Gasteiger partial charge in [-0.15, -0.1) is 12.4 Å². The molecule has 0 radical (unpaired) electrons. The van der Waals surface area contributed by atoms with Gasteiger partial charge in [0.05, 0.1) is 10.5 Å². The highest BCUT2D eigenvalue weighted by Gasteiger charge is 2.37. The van der Waals surface area contributed by atoms with Crippen LogP contribution in [-0.4, -0.2) is 31.9 Å². The zero-order valence-corrected chi connectivity index (χ0v) is 12.8. The van der Waals surface area contributed by atoms with Gasteiger partial charge in [-0.25, -0.2) is 8.42 Å². The molecule has 1 fully saturated rings. The first-order chi connectivity index (χ1) is 9.12. The number of sulfonamides is 1. The van der Waals surface area contributed by atoms with E-state index < -0.39 is 21.8 Å². The van der Waals surface area contributed by atoms with Crippen molar-refractivity contribution in [1.29, 1.82) is 0 Å². The minimum Gasteiger partial charge on any atom is -0.326 e. The van der Waals surface area contributed by atoms with Gasteiger partial charge in [0, 0.05) is 19.1 Å². The lowest BCUT2D eigenvalue weighted by Gasteiger charge is -2.17. The van der Waals surface area contributed by atoms with Gasteiger partial charge in [0.1, 0.15) is 0 Å². The molecule has 4 nitrogen and oxygen atoms in total. The summed E-state index contributed by atoms with van der Waals surface area (Å²) in [5.74, 6) is -0.0180. The van der Waals surface area contributed by atoms with Crippen LogP contribution in [0.1, 0.15) is 12.5 Å². The summed E-state index contributed by atoms with van der Waals surface area (Å²) in [6.07, 6.45) is -4.57. The zero-order valence-electron chi connectivity index (χ0n) is 11.2. The van der Waals surface area contributed by atoms with E-state index in [-0.39, 0.29) is 42.4 Å². The van der Waals surface area contributed by atoms with Crippen LogP contribution in [-0.2, 0) is 16.2 Å². The number of rotatable bonds is 2. The van der Waals surface area contributed by atoms with Crippen molar-refractivity contribution in [2.45, 2.75) is 24.0 Å². The molecule has 0 saturated carbocycles. The Hall–Kier alpha value is -0.830. The molecule has 1 aromatic rings. The number of hydrogen-bond donors (Lipinski definition) is 1. The second-order valence-electron chi connectivity index (χ2n) is 4.99. The SMILES string of the molecule is CC1CN(S(=O)(=O)c2cccc(C(F)(F)F)c2)CC1N.Cl. The molecule has 0 amide bonds. The van der Waals surface area contributed by atoms with Gasteiger partial charge in [0.2, 0.25) is 10.0 Å². The summed E-state index contributed by atoms with van der Waals surface area (Å²) in [5, 5.41) is 0. The van der Waals surface area contributed by atoms with Gasteiger partial charge in [0.25, 0.3) is 0 Å². The van der Waals surface area contributed by atoms with Crippen molar-refractivity contribution in [3.8, 4) is 0 Å². The second-order valence-corrected chi connectivity index (χ2v) is 6.93. The Morgan fingerprint density at radius 1 is 1.29 bits per heavy atom. The smallest absolute Gasteiger partial charge is 0.326 e. The average Bonchev–Trinajstić information content (AvgIpc) is 2.69. The van der Waals surface area contributed by atoms with Crippen LogP contribution in [0.2, 0.25) is 0 Å². The van der Waals surface area contributed by atoms with Crippen molar-refractivity contribution >= 4 is 22.4 Å². The number of halogens is 4. The molecule has 2 unspecified atom stereocenters. The fourth-order valence-electron chi connectivity index (χ4n) is 2.12. The Morgan fingerprint density at radius 2 is 1.90 bits per heavy atom. The minimum absolute atomic E-state index is 0. The quantitative estimate of drug-likeness (QED) is 0.893. The molecular formula is C12H16ClF3N2O2S. The maximum absolute atomic E-state index is 12.6. The molecule has 120 valence electrons. The Balaban J connectivity index is 0.00000220. The van der Waals surface area contributed by atoms with Crippen molar-refractivity contribution in [2.75, 3.05) is 13.1 Å². The van der Waals surface area contributed by atoms with Gasteiger partial charge in [-0.2, -0.15) is 17.5 Å². The number of nitrogens with zero attached hydrogens (tertiary/aromatic N) is 1. The van der Waals surface area contributed by atoms with Crippen LogP contribution in [0, 0.1) is 5.92 Å². The third kappa shape index (κ3) is 3.68. The first-order valence-corrected chi connectivity index (χ1v) is 7.49. The van der Waals surface area contributed by atoms with Gasteiger partial charge in [0.15, 0.2) is 0 Å². The standard InChI is InChI=1S/C12H15F3N2O2S.ClH/c1-8-6-17(7-11(8)16)20(18,19)10-4-2-3-9(5-10)12(13,14)15;/h2-5,8,11H,6-7,16H2,1H3;1H. The van der Waals surface area contributed by atoms with Crippen molar-refractivity contribution in [1.82, 2.24) is 4.31 Å². The fraction of sp³-hybridized carbons (Fsp3) is 0.500. The minimum atomic E-state index is -4.57. The predicted molar refractivity (Wildman–Crippen MR) is 74.6 cm³/mol. The molecule has 1 aliphatic rings. The molecule has 2 rings (SSSR count). The van der Waals surface area contributed by atoms with E-state index in [4.69, 9.17) is 5.73 Å². The van der Waals surface area contributed by atoms with E-state index in [1.807, 2.05) is 6.92 Å². The summed E-state index contributed by atoms with van der Waals surface area (Å²) in [4.78, 5) is -0.353. The number of benzene rings is 1. The molecule has 2 atom stereocenters. The highest BCUT2D eigenvalue weighted by Crippen LogP contribution is 2.32. The third-order valence-electron chi connectivity index (χ3n) is 3.44. The lowest BCUT2D eigenvalue weighted by atomic mass is 10.1. The molecule has 9 heteroatoms. The van der Waals surface area contributed by atoms with Crippen LogP contribution in [0.25, 0.3) is 0 Å². The predicted octanol–water partition coefficient (Wildman–Crippen LogP) is 2.09. The molecule has 1 aliphatic heterocycles. The molecular weight excluding hydrogens is 329 g/mol. The monoisotopic (exact) mass is 344 g/mol. The molecule has 2 N–H and O–H groups in total. The maximum atomic E-state index is 12.6. The number of nitrogens with two attached hydrogens (primary N) is 1. The average molecular weight is 345 g/mol. The molecule has 1 heterocycles. The topological polar surface area (TPSA) is 63.4 Å². The maximum Gasteiger partial charge on any atom is 0.416 e. The highest BCUT2D eigenvalue weighted by atomic mass is 35.5. The Kier molecular flexibility index (Phi) is 5.31. The molecule has 0 spiro atoms. The number of hydrogen-bond acceptors (Lipinski definition) is 3. The fourth-order valence-corrected chi connectivity index (χ4v) is 3.75. The number of alkyl halides is 3. The summed E-state index contributed by atoms with van der Waals surface area (Å²) < 4.78 is 63.6. The largest absolute Gasteiger partial charge is 0.416 e. The second kappa shape index (κ2) is 6.12. The molecule has 0 aromatic heterocycles. The van der Waals surface area contributed by atoms with E-state index in [9.17, 15) is 21.6 Å². The molecule has 1 aromatic carbocycles. The summed E-state index contributed by atoms with van der Waals surface area (Å²) >= 11 is 0. The van der Waals surface area contributed by atoms with Gasteiger partial charge < -0.3 is 5.73 Å². The Labute approximate surface area is 127 Å². The summed E-state index contributed by atoms with van der Waals surface area (Å²) in [5.41, 5.74) is 4.78. The van der Waals surface area contributed by atoms with Crippen molar-refractivity contribution in [2.24, 2.45) is 11.7 Å². The molecule has 0 bridgehead atoms. The van der Waals surface area contributed by atoms with Crippen molar-refractivity contribution in [3.63, 3.8) is 0 Å². The third-order valence-corrected chi connectivity index (χ3v) is 5.26. The van der Waals surface area contributed by atoms with Crippen LogP contribution >= 0.6 is 12.4 Å².